The van der Waals surface area contributed by atoms with Gasteiger partial charge >= 0.3 is 0 Å². The summed E-state index contributed by atoms with van der Waals surface area (Å²) >= 11 is 0. The quantitative estimate of drug-likeness (QED) is 0.0119. The van der Waals surface area contributed by atoms with Gasteiger partial charge in [-0.1, -0.05) is 153 Å². The molecule has 46 heteroatoms. The van der Waals surface area contributed by atoms with Crippen molar-refractivity contribution in [1.82, 2.24) is 110 Å². The van der Waals surface area contributed by atoms with E-state index in [0.717, 1.165) is 60.2 Å². The number of aliphatic hydroxyl groups is 4. The lowest BCUT2D eigenvalue weighted by Crippen LogP contribution is -2.62. The van der Waals surface area contributed by atoms with Crippen molar-refractivity contribution in [3.8, 4) is 0 Å². The van der Waals surface area contributed by atoms with Gasteiger partial charge in [0.05, 0.1) is 51.8 Å². The first kappa shape index (κ1) is 114. The van der Waals surface area contributed by atoms with Crippen LogP contribution in [0.2, 0.25) is 0 Å². The molecule has 0 saturated carbocycles. The maximum absolute atomic E-state index is 15.4. The molecule has 2 aliphatic heterocycles. The van der Waals surface area contributed by atoms with Gasteiger partial charge in [0.15, 0.2) is 11.7 Å². The number of benzene rings is 2. The van der Waals surface area contributed by atoms with E-state index in [1.165, 1.54) is 58.3 Å². The van der Waals surface area contributed by atoms with Gasteiger partial charge in [-0.25, -0.2) is 5.10 Å². The second-order valence-electron chi connectivity index (χ2n) is 35.1. The second kappa shape index (κ2) is 64.0. The number of ether oxygens (including phenoxy) is 2. The number of Topliss-reactive ketones (excluding diaryl/α,β-unsaturated/α-hetero) is 1. The van der Waals surface area contributed by atoms with Crippen LogP contribution in [0.25, 0.3) is 10.9 Å². The van der Waals surface area contributed by atoms with E-state index in [-0.39, 0.29) is 122 Å². The summed E-state index contributed by atoms with van der Waals surface area (Å²) in [6.07, 6.45) is 14.8. The maximum Gasteiger partial charge on any atom is 0.246 e. The van der Waals surface area contributed by atoms with Gasteiger partial charge in [-0.2, -0.15) is 0 Å². The summed E-state index contributed by atoms with van der Waals surface area (Å²) in [5.74, 6) is -13.9. The number of aryl methyl sites for hydroxylation is 1. The first-order valence-electron chi connectivity index (χ1n) is 48.1. The van der Waals surface area contributed by atoms with Crippen LogP contribution in [0.1, 0.15) is 218 Å². The zero-order valence-electron chi connectivity index (χ0n) is 79.6. The van der Waals surface area contributed by atoms with Crippen LogP contribution in [-0.2, 0) is 105 Å². The number of nitrogens with one attached hydrogen (secondary N) is 18. The lowest BCUT2D eigenvalue weighted by Gasteiger charge is -2.31. The van der Waals surface area contributed by atoms with Crippen LogP contribution in [0.5, 0.6) is 0 Å². The van der Waals surface area contributed by atoms with Crippen molar-refractivity contribution in [2.45, 2.75) is 305 Å². The van der Waals surface area contributed by atoms with Crippen molar-refractivity contribution >= 4 is 111 Å². The van der Waals surface area contributed by atoms with E-state index in [1.54, 1.807) is 63.4 Å². The average Bonchev–Trinajstić information content (AvgIpc) is 1.65. The maximum atomic E-state index is 15.4. The van der Waals surface area contributed by atoms with Crippen LogP contribution in [-0.4, -0.2) is 315 Å². The molecule has 46 nitrogen and oxygen atoms in total. The van der Waals surface area contributed by atoms with Crippen molar-refractivity contribution in [2.24, 2.45) is 11.5 Å². The van der Waals surface area contributed by atoms with E-state index in [9.17, 15) is 82.8 Å². The van der Waals surface area contributed by atoms with Crippen molar-refractivity contribution in [3.63, 3.8) is 0 Å². The van der Waals surface area contributed by atoms with Crippen LogP contribution in [0.4, 0.5) is 0 Å². The molecule has 4 heterocycles. The van der Waals surface area contributed by atoms with Crippen LogP contribution < -0.4 is 91.2 Å². The smallest absolute Gasteiger partial charge is 0.246 e. The highest BCUT2D eigenvalue weighted by Crippen LogP contribution is 2.24. The molecule has 6 rings (SSSR count). The number of nitrogens with zero attached hydrogens (tertiary/aromatic N) is 4. The molecule has 26 N–H and O–H groups in total. The number of tetrazole rings is 1. The zero-order chi connectivity index (χ0) is 101. The molecule has 0 unspecified atom stereocenters. The Kier molecular flexibility index (Phi) is 53.1. The normalized spacial score (nSPS) is 19.0. The van der Waals surface area contributed by atoms with Gasteiger partial charge in [-0.15, -0.1) is 5.10 Å². The number of amides is 15. The highest BCUT2D eigenvalue weighted by Gasteiger charge is 2.44. The minimum Gasteiger partial charge on any atom is -0.394 e. The molecule has 15 amide bonds. The number of H-pyrrole nitrogens is 2. The standard InChI is InChI=1S/C92H146N24O22/c1-5-6-31-65(81(126)106-68-38-40-79(124)96-41-26-25-32-63(58(4)120)102-85(130)70(48-60-50-100-64-33-24-23-30-62(60)64)107-82(127)66(34-27-42-98-92(94)95)103-84(129)69(47-59-28-19-18-20-29-59)108-90(135)75-49-61(121)52-116(75)91(68)136)104-86(131)71(51-99-57(2)3)109-88(133)73(54-118)111-89(134)74(55-119)110-83(128)67(37-39-76(93)122)105-87(132)72(53-117)101-80(125)56-138-46-45-137-44-43-97-78(123)36-22-17-15-13-11-9-7-8-10-12-14-16-21-35-77-112-114-115-113-77/h18-20,23-24,28-30,33,50,57,61,63,65-75,99-100,117-119,121H,5-17,21-22,25-27,31-32,34-49,51-56H2,1-4H3,(H2,93,122)(H,96,124)(H,97,123)(H,101,125)(H,102,130)(H,103,129)(H,104,131)(H,105,132)(H,106,126)(H,107,127)(H,108,135)(H,109,133)(H,110,128)(H,111,134)(H4,94,95,98)(H,112,113,114,115)/t61-,63+,65+,66+,67+,68+,69-,70+,71+,72+,73+,74-,75+/m1/s1. The SMILES string of the molecule is CCCC[C@H](NC(=O)[C@H](CNC(C)C)NC(=O)[C@H](CO)NC(=O)[C@@H](CO)NC(=O)[C@H](CCC(N)=O)NC(=O)[C@H](CO)NC(=O)COCCOCCNC(=O)CCCCCCCCCCCCCCCc1nnn[nH]1)C(=O)N[C@H]1CCC(=O)NCCCC[C@@H](C(C)=O)NC(=O)[C@H](Cc2c[nH]c3ccccc23)NC(=O)[C@H](CCCNC(=N)N)NC(=O)[C@@H](Cc2ccccc2)NC(=O)[C@@H]2C[C@@H](O)CN2C1=O. The van der Waals surface area contributed by atoms with Gasteiger partial charge in [0.25, 0.3) is 0 Å². The molecule has 0 aliphatic carbocycles. The van der Waals surface area contributed by atoms with Crippen molar-refractivity contribution in [2.75, 3.05) is 79.0 Å². The molecule has 2 saturated heterocycles. The number of nitrogens with two attached hydrogens (primary N) is 2. The summed E-state index contributed by atoms with van der Waals surface area (Å²) in [5.41, 5.74) is 12.9. The Morgan fingerprint density at radius 3 is 1.77 bits per heavy atom. The third kappa shape index (κ3) is 43.2. The van der Waals surface area contributed by atoms with Crippen molar-refractivity contribution < 1.29 is 107 Å². The van der Waals surface area contributed by atoms with Gasteiger partial charge in [0.2, 0.25) is 88.6 Å². The Morgan fingerprint density at radius 2 is 1.14 bits per heavy atom. The Morgan fingerprint density at radius 1 is 0.580 bits per heavy atom. The molecule has 4 aromatic rings. The van der Waals surface area contributed by atoms with E-state index >= 15 is 14.4 Å². The number of carbonyl (C=O) groups is 16. The van der Waals surface area contributed by atoms with Crippen LogP contribution in [0.3, 0.4) is 0 Å². The molecule has 138 heavy (non-hydrogen) atoms. The van der Waals surface area contributed by atoms with Crippen LogP contribution in [0.15, 0.2) is 60.8 Å². The molecular weight excluding hydrogens is 1790 g/mol. The molecule has 2 aromatic heterocycles. The molecule has 0 spiro atoms. The number of hydrogen-bond donors (Lipinski definition) is 24. The first-order chi connectivity index (χ1) is 66.3. The van der Waals surface area contributed by atoms with E-state index in [0.29, 0.717) is 24.0 Å². The molecule has 2 fully saturated rings. The average molecular weight is 1940 g/mol. The summed E-state index contributed by atoms with van der Waals surface area (Å²) in [5, 5.41) is 104. The number of hydrogen-bond acceptors (Lipinski definition) is 27. The fourth-order valence-corrected chi connectivity index (χ4v) is 15.7. The number of aromatic amines is 2. The Labute approximate surface area is 803 Å². The number of para-hydroxylation sites is 1. The Bertz CT molecular complexity index is 4510. The lowest BCUT2D eigenvalue weighted by atomic mass is 10.0. The van der Waals surface area contributed by atoms with Crippen LogP contribution in [0, 0.1) is 5.41 Å². The predicted molar refractivity (Wildman–Crippen MR) is 505 cm³/mol. The summed E-state index contributed by atoms with van der Waals surface area (Å²) in [6.45, 7) is 2.05. The summed E-state index contributed by atoms with van der Waals surface area (Å²) in [6, 6.07) is -3.90. The number of aliphatic hydroxyl groups excluding tert-OH is 4. The van der Waals surface area contributed by atoms with E-state index in [2.05, 4.69) is 105 Å². The number of fused-ring (bicyclic) bond motifs is 2. The number of unbranched alkanes of at least 4 members (excludes halogenated alkanes) is 13. The second-order valence-corrected chi connectivity index (χ2v) is 35.1. The molecule has 0 radical (unpaired) electrons. The minimum absolute atomic E-state index is 0.0198. The Balaban J connectivity index is 1.07. The minimum atomic E-state index is -1.96. The largest absolute Gasteiger partial charge is 0.394 e. The molecule has 13 atom stereocenters. The fourth-order valence-electron chi connectivity index (χ4n) is 15.7. The van der Waals surface area contributed by atoms with Gasteiger partial charge in [-0.3, -0.25) is 82.1 Å². The molecule has 766 valence electrons. The highest BCUT2D eigenvalue weighted by atomic mass is 16.5. The Hall–Kier alpha value is -12.2. The van der Waals surface area contributed by atoms with Gasteiger partial charge in [-0.05, 0) is 98.8 Å². The van der Waals surface area contributed by atoms with Gasteiger partial charge in [0.1, 0.15) is 78.9 Å². The number of carbonyl (C=O) groups excluding carboxylic acids is 16. The van der Waals surface area contributed by atoms with E-state index in [1.807, 2.05) is 18.2 Å². The van der Waals surface area contributed by atoms with Gasteiger partial charge < -0.3 is 131 Å². The summed E-state index contributed by atoms with van der Waals surface area (Å²) in [4.78, 5) is 229. The number of aromatic nitrogens is 5. The number of guanidine groups is 1. The number of ketones is 1. The summed E-state index contributed by atoms with van der Waals surface area (Å²) < 4.78 is 10.9. The topological polar surface area (TPSA) is 702 Å². The van der Waals surface area contributed by atoms with Crippen molar-refractivity contribution in [1.29, 1.82) is 5.41 Å². The highest BCUT2D eigenvalue weighted by molar-refractivity contribution is 6.01. The molecular formula is C92H146N24O22. The molecule has 2 aromatic carbocycles. The molecule has 0 bridgehead atoms. The first-order valence-corrected chi connectivity index (χ1v) is 48.1. The third-order valence-corrected chi connectivity index (χ3v) is 23.5. The number of primary amides is 1. The summed E-state index contributed by atoms with van der Waals surface area (Å²) in [7, 11) is 0. The van der Waals surface area contributed by atoms with E-state index in [4.69, 9.17) is 26.4 Å². The fraction of sp³-hybridized carbons (Fsp3) is 0.652. The lowest BCUT2D eigenvalue weighted by molar-refractivity contribution is -0.143. The third-order valence-electron chi connectivity index (χ3n) is 23.5. The van der Waals surface area contributed by atoms with E-state index < -0.39 is 232 Å². The predicted octanol–water partition coefficient (Wildman–Crippen LogP) is -3.02. The zero-order valence-corrected chi connectivity index (χ0v) is 79.6. The molecule has 2 aliphatic rings. The monoisotopic (exact) mass is 1940 g/mol. The number of rotatable bonds is 58. The van der Waals surface area contributed by atoms with Gasteiger partial charge in [0, 0.05) is 101 Å². The van der Waals surface area contributed by atoms with Crippen LogP contribution >= 0.6 is 0 Å². The van der Waals surface area contributed by atoms with Crippen molar-refractivity contribution in [3.05, 3.63) is 77.7 Å².